The normalized spacial score (nSPS) is 16.8. The van der Waals surface area contributed by atoms with Crippen molar-refractivity contribution in [2.75, 3.05) is 20.3 Å². The summed E-state index contributed by atoms with van der Waals surface area (Å²) < 4.78 is 4.88. The summed E-state index contributed by atoms with van der Waals surface area (Å²) in [6.07, 6.45) is 1.84. The molecule has 96 valence electrons. The molecule has 0 aromatic rings. The molecule has 0 aliphatic rings. The molecule has 0 amide bonds. The monoisotopic (exact) mass is 233 g/mol. The van der Waals surface area contributed by atoms with Gasteiger partial charge in [0.15, 0.2) is 0 Å². The van der Waals surface area contributed by atoms with Crippen LogP contribution in [0.4, 0.5) is 0 Å². The molecule has 2 unspecified atom stereocenters. The Morgan fingerprint density at radius 3 is 2.62 bits per heavy atom. The molecule has 0 aliphatic heterocycles. The number of methoxy groups -OCH3 is 1. The van der Waals surface area contributed by atoms with E-state index in [4.69, 9.17) is 9.84 Å². The van der Waals surface area contributed by atoms with E-state index < -0.39 is 17.6 Å². The van der Waals surface area contributed by atoms with Crippen LogP contribution in [-0.4, -0.2) is 48.1 Å². The van der Waals surface area contributed by atoms with Crippen molar-refractivity contribution in [1.29, 1.82) is 0 Å². The molecule has 0 saturated carbocycles. The van der Waals surface area contributed by atoms with E-state index in [0.717, 1.165) is 6.42 Å². The van der Waals surface area contributed by atoms with Crippen LogP contribution in [0.25, 0.3) is 0 Å². The number of nitrogens with one attached hydrogen (secondary N) is 1. The van der Waals surface area contributed by atoms with Crippen molar-refractivity contribution >= 4 is 5.97 Å². The van der Waals surface area contributed by atoms with E-state index in [9.17, 15) is 9.90 Å². The molecule has 5 nitrogen and oxygen atoms in total. The molecule has 0 heterocycles. The fraction of sp³-hybridized carbons (Fsp3) is 0.909. The van der Waals surface area contributed by atoms with Crippen molar-refractivity contribution in [2.24, 2.45) is 0 Å². The minimum absolute atomic E-state index is 0.257. The average molecular weight is 233 g/mol. The SMILES string of the molecule is CCCC(NCC(C)(O)CCOC)C(=O)O. The van der Waals surface area contributed by atoms with Gasteiger partial charge in [0.25, 0.3) is 0 Å². The number of rotatable bonds is 9. The second-order valence-corrected chi connectivity index (χ2v) is 4.30. The number of aliphatic hydroxyl groups is 1. The topological polar surface area (TPSA) is 78.8 Å². The van der Waals surface area contributed by atoms with Crippen LogP contribution in [0.5, 0.6) is 0 Å². The molecule has 0 saturated heterocycles. The lowest BCUT2D eigenvalue weighted by atomic mass is 10.0. The van der Waals surface area contributed by atoms with Gasteiger partial charge in [-0.15, -0.1) is 0 Å². The van der Waals surface area contributed by atoms with Crippen molar-refractivity contribution in [3.8, 4) is 0 Å². The van der Waals surface area contributed by atoms with E-state index in [2.05, 4.69) is 5.32 Å². The van der Waals surface area contributed by atoms with Crippen molar-refractivity contribution in [2.45, 2.75) is 44.8 Å². The first-order chi connectivity index (χ1) is 7.43. The standard InChI is InChI=1S/C11H23NO4/c1-4-5-9(10(13)14)12-8-11(2,15)6-7-16-3/h9,12,15H,4-8H2,1-3H3,(H,13,14). The van der Waals surface area contributed by atoms with Gasteiger partial charge in [0, 0.05) is 26.7 Å². The molecule has 0 fully saturated rings. The van der Waals surface area contributed by atoms with E-state index >= 15 is 0 Å². The first-order valence-electron chi connectivity index (χ1n) is 5.60. The van der Waals surface area contributed by atoms with Gasteiger partial charge in [-0.05, 0) is 13.3 Å². The van der Waals surface area contributed by atoms with Crippen LogP contribution in [0.3, 0.4) is 0 Å². The van der Waals surface area contributed by atoms with Crippen LogP contribution in [0.15, 0.2) is 0 Å². The summed E-state index contributed by atoms with van der Waals surface area (Å²) in [5, 5.41) is 21.7. The van der Waals surface area contributed by atoms with Gasteiger partial charge in [-0.3, -0.25) is 4.79 Å². The molecule has 2 atom stereocenters. The fourth-order valence-electron chi connectivity index (χ4n) is 1.35. The Bertz CT molecular complexity index is 206. The predicted octanol–water partition coefficient (Wildman–Crippen LogP) is 0.617. The summed E-state index contributed by atoms with van der Waals surface area (Å²) in [5.41, 5.74) is -0.933. The van der Waals surface area contributed by atoms with Crippen molar-refractivity contribution in [3.05, 3.63) is 0 Å². The summed E-state index contributed by atoms with van der Waals surface area (Å²) in [7, 11) is 1.57. The van der Waals surface area contributed by atoms with Crippen molar-refractivity contribution in [1.82, 2.24) is 5.32 Å². The van der Waals surface area contributed by atoms with Crippen molar-refractivity contribution in [3.63, 3.8) is 0 Å². The van der Waals surface area contributed by atoms with E-state index in [1.165, 1.54) is 0 Å². The van der Waals surface area contributed by atoms with Gasteiger partial charge in [-0.25, -0.2) is 0 Å². The van der Waals surface area contributed by atoms with Crippen LogP contribution >= 0.6 is 0 Å². The molecule has 3 N–H and O–H groups in total. The summed E-state index contributed by atoms with van der Waals surface area (Å²) >= 11 is 0. The Labute approximate surface area is 96.8 Å². The van der Waals surface area contributed by atoms with Crippen LogP contribution < -0.4 is 5.32 Å². The van der Waals surface area contributed by atoms with E-state index in [1.807, 2.05) is 6.92 Å². The zero-order valence-corrected chi connectivity index (χ0v) is 10.3. The summed E-state index contributed by atoms with van der Waals surface area (Å²) in [6, 6.07) is -0.584. The smallest absolute Gasteiger partial charge is 0.320 e. The summed E-state index contributed by atoms with van der Waals surface area (Å²) in [4.78, 5) is 10.9. The molecule has 0 radical (unpaired) electrons. The van der Waals surface area contributed by atoms with Gasteiger partial charge in [0.1, 0.15) is 6.04 Å². The number of hydrogen-bond donors (Lipinski definition) is 3. The van der Waals surface area contributed by atoms with E-state index in [0.29, 0.717) is 19.4 Å². The third kappa shape index (κ3) is 6.76. The number of aliphatic carboxylic acids is 1. The lowest BCUT2D eigenvalue weighted by molar-refractivity contribution is -0.139. The number of hydrogen-bond acceptors (Lipinski definition) is 4. The highest BCUT2D eigenvalue weighted by molar-refractivity contribution is 5.73. The van der Waals surface area contributed by atoms with Crippen LogP contribution in [0.2, 0.25) is 0 Å². The largest absolute Gasteiger partial charge is 0.480 e. The minimum Gasteiger partial charge on any atom is -0.480 e. The average Bonchev–Trinajstić information content (AvgIpc) is 2.21. The predicted molar refractivity (Wildman–Crippen MR) is 61.5 cm³/mol. The van der Waals surface area contributed by atoms with Gasteiger partial charge >= 0.3 is 5.97 Å². The van der Waals surface area contributed by atoms with Gasteiger partial charge in [0.2, 0.25) is 0 Å². The number of carboxylic acid groups (broad SMARTS) is 1. The Hall–Kier alpha value is -0.650. The maximum Gasteiger partial charge on any atom is 0.320 e. The molecule has 16 heavy (non-hydrogen) atoms. The first kappa shape index (κ1) is 15.3. The van der Waals surface area contributed by atoms with E-state index in [1.54, 1.807) is 14.0 Å². The molecule has 0 rings (SSSR count). The highest BCUT2D eigenvalue weighted by Gasteiger charge is 2.23. The number of carboxylic acids is 1. The molecule has 0 aliphatic carbocycles. The van der Waals surface area contributed by atoms with E-state index in [-0.39, 0.29) is 6.54 Å². The molecule has 0 aromatic heterocycles. The molecule has 0 spiro atoms. The summed E-state index contributed by atoms with van der Waals surface area (Å²) in [5.74, 6) is -0.871. The molecular formula is C11H23NO4. The van der Waals surface area contributed by atoms with Gasteiger partial charge in [-0.1, -0.05) is 13.3 Å². The Balaban J connectivity index is 4.02. The highest BCUT2D eigenvalue weighted by atomic mass is 16.5. The molecule has 5 heteroatoms. The number of carbonyl (C=O) groups is 1. The first-order valence-corrected chi connectivity index (χ1v) is 5.60. The molecule has 0 aromatic carbocycles. The van der Waals surface area contributed by atoms with Crippen LogP contribution in [0, 0.1) is 0 Å². The maximum absolute atomic E-state index is 10.9. The summed E-state index contributed by atoms with van der Waals surface area (Å²) in [6.45, 7) is 4.32. The zero-order valence-electron chi connectivity index (χ0n) is 10.3. The fourth-order valence-corrected chi connectivity index (χ4v) is 1.35. The third-order valence-electron chi connectivity index (χ3n) is 2.45. The highest BCUT2D eigenvalue weighted by Crippen LogP contribution is 2.08. The minimum atomic E-state index is -0.933. The van der Waals surface area contributed by atoms with Gasteiger partial charge < -0.3 is 20.3 Å². The van der Waals surface area contributed by atoms with Crippen LogP contribution in [0.1, 0.15) is 33.1 Å². The molecular weight excluding hydrogens is 210 g/mol. The lowest BCUT2D eigenvalue weighted by Gasteiger charge is -2.25. The third-order valence-corrected chi connectivity index (χ3v) is 2.45. The second kappa shape index (κ2) is 7.60. The van der Waals surface area contributed by atoms with Crippen LogP contribution in [-0.2, 0) is 9.53 Å². The quantitative estimate of drug-likeness (QED) is 0.544. The maximum atomic E-state index is 10.9. The van der Waals surface area contributed by atoms with Gasteiger partial charge in [-0.2, -0.15) is 0 Å². The van der Waals surface area contributed by atoms with Gasteiger partial charge in [0.05, 0.1) is 5.60 Å². The second-order valence-electron chi connectivity index (χ2n) is 4.30. The zero-order chi connectivity index (χ0) is 12.6. The Morgan fingerprint density at radius 1 is 1.56 bits per heavy atom. The number of ether oxygens (including phenoxy) is 1. The Kier molecular flexibility index (Phi) is 7.29. The lowest BCUT2D eigenvalue weighted by Crippen LogP contribution is -2.46. The Morgan fingerprint density at radius 2 is 2.19 bits per heavy atom. The molecule has 0 bridgehead atoms. The van der Waals surface area contributed by atoms with Crippen molar-refractivity contribution < 1.29 is 19.7 Å².